The number of nitrogens with two attached hydrogens (primary N) is 1. The van der Waals surface area contributed by atoms with E-state index >= 15 is 0 Å². The highest BCUT2D eigenvalue weighted by atomic mass is 19.4. The number of hydrogen-bond acceptors (Lipinski definition) is 3. The van der Waals surface area contributed by atoms with Gasteiger partial charge in [-0.15, -0.1) is 0 Å². The van der Waals surface area contributed by atoms with Gasteiger partial charge in [0, 0.05) is 12.1 Å². The van der Waals surface area contributed by atoms with E-state index in [0.29, 0.717) is 23.0 Å². The van der Waals surface area contributed by atoms with Gasteiger partial charge in [-0.25, -0.2) is 4.39 Å². The molecular formula is C18H14F4N4O. The Bertz CT molecular complexity index is 964. The lowest BCUT2D eigenvalue weighted by atomic mass is 10.1. The average molecular weight is 378 g/mol. The Kier molecular flexibility index (Phi) is 4.85. The molecule has 140 valence electrons. The number of nitrogens with zero attached hydrogens (tertiary/aromatic N) is 1. The molecule has 0 bridgehead atoms. The second kappa shape index (κ2) is 7.10. The second-order valence-electron chi connectivity index (χ2n) is 5.74. The number of halogens is 4. The normalized spacial score (nSPS) is 11.4. The van der Waals surface area contributed by atoms with Gasteiger partial charge in [-0.2, -0.15) is 18.3 Å². The van der Waals surface area contributed by atoms with Crippen molar-refractivity contribution in [3.05, 3.63) is 71.2 Å². The monoisotopic (exact) mass is 378 g/mol. The SMILES string of the molecule is Nc1cn[nH]c1-c1ccc(CNC(=O)c2cccc(C(F)(F)F)c2F)cc1. The van der Waals surface area contributed by atoms with Gasteiger partial charge in [-0.1, -0.05) is 30.3 Å². The van der Waals surface area contributed by atoms with Crippen molar-refractivity contribution in [2.45, 2.75) is 12.7 Å². The molecule has 0 saturated carbocycles. The van der Waals surface area contributed by atoms with E-state index in [1.807, 2.05) is 0 Å². The Balaban J connectivity index is 1.70. The smallest absolute Gasteiger partial charge is 0.396 e. The van der Waals surface area contributed by atoms with Gasteiger partial charge < -0.3 is 11.1 Å². The molecular weight excluding hydrogens is 364 g/mol. The molecule has 0 unspecified atom stereocenters. The molecule has 0 aliphatic carbocycles. The number of aromatic nitrogens is 2. The Morgan fingerprint density at radius 1 is 1.15 bits per heavy atom. The Labute approximate surface area is 151 Å². The predicted octanol–water partition coefficient (Wildman–Crippen LogP) is 3.75. The molecule has 3 rings (SSSR count). The summed E-state index contributed by atoms with van der Waals surface area (Å²) in [6.07, 6.45) is -3.39. The molecule has 1 aromatic heterocycles. The van der Waals surface area contributed by atoms with E-state index < -0.39 is 29.0 Å². The maximum atomic E-state index is 14.0. The number of nitrogens with one attached hydrogen (secondary N) is 2. The first kappa shape index (κ1) is 18.4. The van der Waals surface area contributed by atoms with Gasteiger partial charge in [0.2, 0.25) is 0 Å². The lowest BCUT2D eigenvalue weighted by Gasteiger charge is -2.11. The third-order valence-corrected chi connectivity index (χ3v) is 3.91. The fraction of sp³-hybridized carbons (Fsp3) is 0.111. The van der Waals surface area contributed by atoms with Gasteiger partial charge in [0.25, 0.3) is 5.91 Å². The number of hydrogen-bond donors (Lipinski definition) is 3. The number of carbonyl (C=O) groups excluding carboxylic acids is 1. The molecule has 27 heavy (non-hydrogen) atoms. The highest BCUT2D eigenvalue weighted by Crippen LogP contribution is 2.32. The molecule has 2 aromatic carbocycles. The average Bonchev–Trinajstić information content (AvgIpc) is 3.05. The van der Waals surface area contributed by atoms with Crippen LogP contribution in [-0.2, 0) is 12.7 Å². The summed E-state index contributed by atoms with van der Waals surface area (Å²) in [7, 11) is 0. The minimum atomic E-state index is -4.87. The van der Waals surface area contributed by atoms with Gasteiger partial charge in [-0.3, -0.25) is 9.89 Å². The van der Waals surface area contributed by atoms with E-state index in [1.54, 1.807) is 24.3 Å². The summed E-state index contributed by atoms with van der Waals surface area (Å²) in [6.45, 7) is 0.0211. The molecule has 1 heterocycles. The zero-order valence-corrected chi connectivity index (χ0v) is 13.8. The fourth-order valence-corrected chi connectivity index (χ4v) is 2.52. The molecule has 1 amide bonds. The van der Waals surface area contributed by atoms with Gasteiger partial charge in [0.1, 0.15) is 5.82 Å². The Morgan fingerprint density at radius 2 is 1.85 bits per heavy atom. The van der Waals surface area contributed by atoms with Crippen LogP contribution in [0.4, 0.5) is 23.2 Å². The minimum absolute atomic E-state index is 0.0211. The molecule has 0 aliphatic rings. The summed E-state index contributed by atoms with van der Waals surface area (Å²) in [5, 5.41) is 8.99. The molecule has 0 radical (unpaired) electrons. The van der Waals surface area contributed by atoms with Crippen molar-refractivity contribution in [1.29, 1.82) is 0 Å². The molecule has 0 fully saturated rings. The first-order chi connectivity index (χ1) is 12.8. The Hall–Kier alpha value is -3.36. The molecule has 0 saturated heterocycles. The fourth-order valence-electron chi connectivity index (χ4n) is 2.52. The second-order valence-corrected chi connectivity index (χ2v) is 5.74. The number of aromatic amines is 1. The lowest BCUT2D eigenvalue weighted by molar-refractivity contribution is -0.140. The number of anilines is 1. The van der Waals surface area contributed by atoms with Gasteiger partial charge in [0.15, 0.2) is 0 Å². The van der Waals surface area contributed by atoms with Crippen molar-refractivity contribution in [2.75, 3.05) is 5.73 Å². The van der Waals surface area contributed by atoms with Crippen LogP contribution >= 0.6 is 0 Å². The summed E-state index contributed by atoms with van der Waals surface area (Å²) >= 11 is 0. The van der Waals surface area contributed by atoms with Gasteiger partial charge in [0.05, 0.1) is 28.7 Å². The molecule has 0 atom stereocenters. The van der Waals surface area contributed by atoms with E-state index in [9.17, 15) is 22.4 Å². The quantitative estimate of drug-likeness (QED) is 0.605. The van der Waals surface area contributed by atoms with E-state index in [1.165, 1.54) is 6.20 Å². The van der Waals surface area contributed by atoms with Gasteiger partial charge in [-0.05, 0) is 17.7 Å². The molecule has 4 N–H and O–H groups in total. The van der Waals surface area contributed by atoms with Crippen molar-refractivity contribution in [1.82, 2.24) is 15.5 Å². The van der Waals surface area contributed by atoms with Crippen LogP contribution in [0.25, 0.3) is 11.3 Å². The van der Waals surface area contributed by atoms with Gasteiger partial charge >= 0.3 is 6.18 Å². The first-order valence-electron chi connectivity index (χ1n) is 7.79. The van der Waals surface area contributed by atoms with Crippen LogP contribution in [0.15, 0.2) is 48.7 Å². The van der Waals surface area contributed by atoms with E-state index in [4.69, 9.17) is 5.73 Å². The standard InChI is InChI=1S/C18H14F4N4O/c19-15-12(2-1-3-13(15)18(20,21)22)17(27)24-8-10-4-6-11(7-5-10)16-14(23)9-25-26-16/h1-7,9H,8,23H2,(H,24,27)(H,25,26). The van der Waals surface area contributed by atoms with E-state index in [-0.39, 0.29) is 6.54 Å². The molecule has 0 spiro atoms. The number of rotatable bonds is 4. The zero-order chi connectivity index (χ0) is 19.6. The summed E-state index contributed by atoms with van der Waals surface area (Å²) in [6, 6.07) is 9.49. The first-order valence-corrected chi connectivity index (χ1v) is 7.79. The van der Waals surface area contributed by atoms with Crippen molar-refractivity contribution >= 4 is 11.6 Å². The largest absolute Gasteiger partial charge is 0.419 e. The number of carbonyl (C=O) groups is 1. The number of nitrogen functional groups attached to an aromatic ring is 1. The lowest BCUT2D eigenvalue weighted by Crippen LogP contribution is -2.25. The van der Waals surface area contributed by atoms with Crippen LogP contribution in [0.1, 0.15) is 21.5 Å². The minimum Gasteiger partial charge on any atom is -0.396 e. The molecule has 9 heteroatoms. The van der Waals surface area contributed by atoms with Crippen molar-refractivity contribution < 1.29 is 22.4 Å². The van der Waals surface area contributed by atoms with Crippen LogP contribution in [0.3, 0.4) is 0 Å². The highest BCUT2D eigenvalue weighted by Gasteiger charge is 2.35. The number of amides is 1. The third-order valence-electron chi connectivity index (χ3n) is 3.91. The van der Waals surface area contributed by atoms with Crippen LogP contribution in [0, 0.1) is 5.82 Å². The van der Waals surface area contributed by atoms with Crippen molar-refractivity contribution in [3.63, 3.8) is 0 Å². The topological polar surface area (TPSA) is 83.8 Å². The summed E-state index contributed by atoms with van der Waals surface area (Å²) < 4.78 is 52.2. The van der Waals surface area contributed by atoms with Crippen molar-refractivity contribution in [3.8, 4) is 11.3 Å². The van der Waals surface area contributed by atoms with Crippen LogP contribution in [-0.4, -0.2) is 16.1 Å². The van der Waals surface area contributed by atoms with E-state index in [0.717, 1.165) is 17.7 Å². The predicted molar refractivity (Wildman–Crippen MR) is 91.0 cm³/mol. The Morgan fingerprint density at radius 3 is 2.44 bits per heavy atom. The number of H-pyrrole nitrogens is 1. The summed E-state index contributed by atoms with van der Waals surface area (Å²) in [5.74, 6) is -2.52. The van der Waals surface area contributed by atoms with Crippen LogP contribution in [0.2, 0.25) is 0 Å². The van der Waals surface area contributed by atoms with E-state index in [2.05, 4.69) is 15.5 Å². The molecule has 5 nitrogen and oxygen atoms in total. The number of benzene rings is 2. The molecule has 3 aromatic rings. The summed E-state index contributed by atoms with van der Waals surface area (Å²) in [5.41, 5.74) is 6.22. The molecule has 0 aliphatic heterocycles. The number of alkyl halides is 3. The van der Waals surface area contributed by atoms with Crippen molar-refractivity contribution in [2.24, 2.45) is 0 Å². The maximum Gasteiger partial charge on any atom is 0.419 e. The zero-order valence-electron chi connectivity index (χ0n) is 13.8. The van der Waals surface area contributed by atoms with Crippen LogP contribution in [0.5, 0.6) is 0 Å². The maximum absolute atomic E-state index is 14.0. The third kappa shape index (κ3) is 3.91. The van der Waals surface area contributed by atoms with Crippen LogP contribution < -0.4 is 11.1 Å². The summed E-state index contributed by atoms with van der Waals surface area (Å²) in [4.78, 5) is 12.1. The highest BCUT2D eigenvalue weighted by molar-refractivity contribution is 5.94.